The summed E-state index contributed by atoms with van der Waals surface area (Å²) in [5.74, 6) is 0. The molecule has 0 saturated carbocycles. The highest BCUT2D eigenvalue weighted by molar-refractivity contribution is 7.80. The zero-order chi connectivity index (χ0) is 9.30. The molecule has 0 aliphatic heterocycles. The summed E-state index contributed by atoms with van der Waals surface area (Å²) < 4.78 is 0.890. The summed E-state index contributed by atoms with van der Waals surface area (Å²) in [5, 5.41) is 4.91. The summed E-state index contributed by atoms with van der Waals surface area (Å²) in [7, 11) is 0. The normalized spacial score (nSPS) is 9.75. The third kappa shape index (κ3) is 1.14. The predicted molar refractivity (Wildman–Crippen MR) is 47.4 cm³/mol. The quantitative estimate of drug-likeness (QED) is 0.476. The van der Waals surface area contributed by atoms with Crippen LogP contribution in [0.4, 0.5) is 5.69 Å². The number of thiocarbonyl (C=S) groups is 1. The largest absolute Gasteiger partial charge is 0.374 e. The molecule has 6 nitrogen and oxygen atoms in total. The molecule has 1 rings (SSSR count). The van der Waals surface area contributed by atoms with Crippen LogP contribution in [0.3, 0.4) is 0 Å². The molecule has 0 fully saturated rings. The zero-order valence-corrected chi connectivity index (χ0v) is 7.01. The van der Waals surface area contributed by atoms with Crippen LogP contribution in [-0.2, 0) is 0 Å². The van der Waals surface area contributed by atoms with Crippen LogP contribution in [0.5, 0.6) is 0 Å². The maximum Gasteiger partial charge on any atom is 0.303 e. The van der Waals surface area contributed by atoms with Gasteiger partial charge in [-0.05, 0) is 24.3 Å². The van der Waals surface area contributed by atoms with Crippen molar-refractivity contribution < 1.29 is 0 Å². The minimum absolute atomic E-state index is 0.141. The molecule has 0 amide bonds. The molecule has 0 aromatic carbocycles. The second-order valence-corrected chi connectivity index (χ2v) is 2.57. The molecule has 0 aliphatic rings. The van der Waals surface area contributed by atoms with Crippen molar-refractivity contribution in [1.82, 2.24) is 9.78 Å². The van der Waals surface area contributed by atoms with E-state index in [1.54, 1.807) is 0 Å². The van der Waals surface area contributed by atoms with Crippen molar-refractivity contribution in [2.24, 2.45) is 10.9 Å². The lowest BCUT2D eigenvalue weighted by molar-refractivity contribution is 0.889. The lowest BCUT2D eigenvalue weighted by Gasteiger charge is -1.93. The number of nitrogens with zero attached hydrogens (tertiary/aromatic N) is 2. The van der Waals surface area contributed by atoms with Crippen molar-refractivity contribution in [2.45, 2.75) is 6.92 Å². The average Bonchev–Trinajstić information content (AvgIpc) is 2.27. The first kappa shape index (κ1) is 8.60. The standard InChI is InChI=1S/C5H6N4O2S/c1-2-3(8-11)4(10)9(7-2)5(6)12/h7H,1H3,(H2,6,12). The van der Waals surface area contributed by atoms with E-state index in [1.165, 1.54) is 6.92 Å². The van der Waals surface area contributed by atoms with Crippen LogP contribution in [0.1, 0.15) is 5.69 Å². The van der Waals surface area contributed by atoms with Gasteiger partial charge in [-0.1, -0.05) is 0 Å². The number of aromatic amines is 1. The van der Waals surface area contributed by atoms with Crippen LogP contribution in [0, 0.1) is 11.8 Å². The first-order chi connectivity index (χ1) is 5.57. The number of H-pyrrole nitrogens is 1. The summed E-state index contributed by atoms with van der Waals surface area (Å²) >= 11 is 4.54. The molecule has 0 spiro atoms. The molecule has 0 aliphatic carbocycles. The average molecular weight is 186 g/mol. The number of nitrogens with one attached hydrogen (secondary N) is 1. The number of aryl methyl sites for hydroxylation is 1. The second kappa shape index (κ2) is 2.86. The van der Waals surface area contributed by atoms with Gasteiger partial charge in [-0.2, -0.15) is 4.68 Å². The van der Waals surface area contributed by atoms with E-state index >= 15 is 0 Å². The summed E-state index contributed by atoms with van der Waals surface area (Å²) in [5.41, 5.74) is 4.71. The number of nitrogens with two attached hydrogens (primary N) is 1. The third-order valence-corrected chi connectivity index (χ3v) is 1.53. The van der Waals surface area contributed by atoms with Gasteiger partial charge in [-0.25, -0.2) is 0 Å². The SMILES string of the molecule is Cc1[nH]n(C(N)=S)c(=O)c1N=O. The molecule has 0 saturated heterocycles. The van der Waals surface area contributed by atoms with E-state index in [1.807, 2.05) is 0 Å². The molecule has 1 aromatic rings. The predicted octanol–water partition coefficient (Wildman–Crippen LogP) is -0.0256. The summed E-state index contributed by atoms with van der Waals surface area (Å²) in [6.45, 7) is 1.53. The van der Waals surface area contributed by atoms with Gasteiger partial charge in [0.05, 0.1) is 5.69 Å². The van der Waals surface area contributed by atoms with Crippen molar-refractivity contribution in [3.63, 3.8) is 0 Å². The van der Waals surface area contributed by atoms with Crippen molar-refractivity contribution in [1.29, 1.82) is 0 Å². The molecule has 64 valence electrons. The number of hydrogen-bond donors (Lipinski definition) is 2. The molecule has 12 heavy (non-hydrogen) atoms. The Morgan fingerprint density at radius 3 is 2.58 bits per heavy atom. The molecular weight excluding hydrogens is 180 g/mol. The Kier molecular flexibility index (Phi) is 2.05. The zero-order valence-electron chi connectivity index (χ0n) is 6.20. The van der Waals surface area contributed by atoms with E-state index < -0.39 is 5.56 Å². The van der Waals surface area contributed by atoms with E-state index in [9.17, 15) is 9.70 Å². The molecule has 1 aromatic heterocycles. The summed E-state index contributed by atoms with van der Waals surface area (Å²) in [4.78, 5) is 21.2. The Hall–Kier alpha value is -1.50. The smallest absolute Gasteiger partial charge is 0.303 e. The van der Waals surface area contributed by atoms with Gasteiger partial charge in [-0.15, -0.1) is 4.91 Å². The van der Waals surface area contributed by atoms with Gasteiger partial charge in [0.25, 0.3) is 0 Å². The molecule has 3 N–H and O–H groups in total. The summed E-state index contributed by atoms with van der Waals surface area (Å²) in [6.07, 6.45) is 0. The fourth-order valence-electron chi connectivity index (χ4n) is 0.800. The topological polar surface area (TPSA) is 93.2 Å². The van der Waals surface area contributed by atoms with Crippen LogP contribution in [0.2, 0.25) is 0 Å². The van der Waals surface area contributed by atoms with Crippen molar-refractivity contribution in [3.05, 3.63) is 21.0 Å². The Bertz CT molecular complexity index is 391. The minimum atomic E-state index is -0.616. The van der Waals surface area contributed by atoms with E-state index in [-0.39, 0.29) is 10.8 Å². The fourth-order valence-corrected chi connectivity index (χ4v) is 0.929. The molecule has 0 unspecified atom stereocenters. The van der Waals surface area contributed by atoms with Crippen LogP contribution in [0.25, 0.3) is 0 Å². The van der Waals surface area contributed by atoms with Gasteiger partial charge < -0.3 is 5.73 Å². The number of nitroso groups, excluding NO2 is 1. The van der Waals surface area contributed by atoms with Gasteiger partial charge in [-0.3, -0.25) is 9.89 Å². The third-order valence-electron chi connectivity index (χ3n) is 1.35. The molecule has 1 heterocycles. The van der Waals surface area contributed by atoms with E-state index in [2.05, 4.69) is 22.5 Å². The highest BCUT2D eigenvalue weighted by atomic mass is 32.1. The maximum absolute atomic E-state index is 11.1. The maximum atomic E-state index is 11.1. The Balaban J connectivity index is 3.47. The molecular formula is C5H6N4O2S. The Morgan fingerprint density at radius 1 is 1.75 bits per heavy atom. The van der Waals surface area contributed by atoms with Crippen LogP contribution in [0.15, 0.2) is 9.97 Å². The summed E-state index contributed by atoms with van der Waals surface area (Å²) in [6, 6.07) is 0. The van der Waals surface area contributed by atoms with Crippen molar-refractivity contribution >= 4 is 23.0 Å². The molecule has 0 atom stereocenters. The molecule has 7 heteroatoms. The first-order valence-corrected chi connectivity index (χ1v) is 3.43. The van der Waals surface area contributed by atoms with Crippen molar-refractivity contribution in [2.75, 3.05) is 0 Å². The Labute approximate surface area is 72.3 Å². The van der Waals surface area contributed by atoms with Crippen molar-refractivity contribution in [3.8, 4) is 0 Å². The van der Waals surface area contributed by atoms with Crippen LogP contribution in [-0.4, -0.2) is 14.9 Å². The first-order valence-electron chi connectivity index (χ1n) is 3.02. The highest BCUT2D eigenvalue weighted by Gasteiger charge is 2.12. The van der Waals surface area contributed by atoms with Gasteiger partial charge in [0.1, 0.15) is 0 Å². The van der Waals surface area contributed by atoms with Gasteiger partial charge in [0.15, 0.2) is 10.8 Å². The lowest BCUT2D eigenvalue weighted by atomic mass is 10.4. The molecule has 0 bridgehead atoms. The number of aromatic nitrogens is 2. The minimum Gasteiger partial charge on any atom is -0.374 e. The van der Waals surface area contributed by atoms with Crippen LogP contribution >= 0.6 is 12.2 Å². The highest BCUT2D eigenvalue weighted by Crippen LogP contribution is 2.08. The Morgan fingerprint density at radius 2 is 2.33 bits per heavy atom. The monoisotopic (exact) mass is 186 g/mol. The van der Waals surface area contributed by atoms with E-state index in [4.69, 9.17) is 5.73 Å². The van der Waals surface area contributed by atoms with E-state index in [0.29, 0.717) is 5.69 Å². The van der Waals surface area contributed by atoms with Gasteiger partial charge in [0.2, 0.25) is 0 Å². The fraction of sp³-hybridized carbons (Fsp3) is 0.200. The lowest BCUT2D eigenvalue weighted by Crippen LogP contribution is -2.29. The van der Waals surface area contributed by atoms with Gasteiger partial charge in [0, 0.05) is 0 Å². The second-order valence-electron chi connectivity index (χ2n) is 2.16. The molecule has 0 radical (unpaired) electrons. The number of hydrogen-bond acceptors (Lipinski definition) is 4. The van der Waals surface area contributed by atoms with Crippen LogP contribution < -0.4 is 11.3 Å². The van der Waals surface area contributed by atoms with E-state index in [0.717, 1.165) is 4.68 Å². The van der Waals surface area contributed by atoms with Gasteiger partial charge >= 0.3 is 5.56 Å². The number of rotatable bonds is 1.